The number of esters is 1. The lowest BCUT2D eigenvalue weighted by atomic mass is 10.2. The van der Waals surface area contributed by atoms with Crippen LogP contribution >= 0.6 is 11.3 Å². The van der Waals surface area contributed by atoms with E-state index in [-0.39, 0.29) is 5.97 Å². The van der Waals surface area contributed by atoms with Crippen LogP contribution in [-0.2, 0) is 4.74 Å². The smallest absolute Gasteiger partial charge is 0.340 e. The van der Waals surface area contributed by atoms with Crippen molar-refractivity contribution < 1.29 is 14.3 Å². The number of hydrogen-bond donors (Lipinski definition) is 0. The molecule has 4 nitrogen and oxygen atoms in total. The molecule has 5 heteroatoms. The van der Waals surface area contributed by atoms with E-state index in [4.69, 9.17) is 4.74 Å². The highest BCUT2D eigenvalue weighted by Crippen LogP contribution is 2.33. The molecule has 3 aromatic rings. The van der Waals surface area contributed by atoms with Crippen molar-refractivity contribution in [2.24, 2.45) is 0 Å². The van der Waals surface area contributed by atoms with Gasteiger partial charge in [0.1, 0.15) is 0 Å². The van der Waals surface area contributed by atoms with E-state index in [2.05, 4.69) is 0 Å². The molecule has 0 bridgehead atoms. The Bertz CT molecular complexity index is 816. The van der Waals surface area contributed by atoms with Gasteiger partial charge in [0.05, 0.1) is 27.6 Å². The Labute approximate surface area is 125 Å². The molecule has 0 aromatic carbocycles. The molecule has 0 amide bonds. The number of thiophene rings is 1. The van der Waals surface area contributed by atoms with Crippen LogP contribution in [-0.4, -0.2) is 23.3 Å². The largest absolute Gasteiger partial charge is 0.462 e. The minimum Gasteiger partial charge on any atom is -0.462 e. The molecule has 0 aliphatic rings. The van der Waals surface area contributed by atoms with Crippen molar-refractivity contribution in [3.8, 4) is 10.6 Å². The fourth-order valence-electron chi connectivity index (χ4n) is 2.28. The second-order valence-electron chi connectivity index (χ2n) is 4.44. The fraction of sp³-hybridized carbons (Fsp3) is 0.125. The van der Waals surface area contributed by atoms with Gasteiger partial charge in [-0.2, -0.15) is 0 Å². The lowest BCUT2D eigenvalue weighted by molar-refractivity contribution is 0.0527. The summed E-state index contributed by atoms with van der Waals surface area (Å²) in [6, 6.07) is 11.2. The molecule has 21 heavy (non-hydrogen) atoms. The topological polar surface area (TPSA) is 47.8 Å². The molecule has 0 unspecified atom stereocenters. The van der Waals surface area contributed by atoms with E-state index < -0.39 is 0 Å². The van der Waals surface area contributed by atoms with Crippen molar-refractivity contribution in [2.75, 3.05) is 6.61 Å². The van der Waals surface area contributed by atoms with Crippen LogP contribution in [0.15, 0.2) is 42.6 Å². The Morgan fingerprint density at radius 1 is 1.33 bits per heavy atom. The number of carbonyl (C=O) groups is 2. The average molecular weight is 299 g/mol. The predicted molar refractivity (Wildman–Crippen MR) is 82.1 cm³/mol. The molecular weight excluding hydrogens is 286 g/mol. The van der Waals surface area contributed by atoms with Crippen molar-refractivity contribution in [1.29, 1.82) is 0 Å². The van der Waals surface area contributed by atoms with Crippen LogP contribution in [0.2, 0.25) is 0 Å². The van der Waals surface area contributed by atoms with Crippen molar-refractivity contribution in [3.05, 3.63) is 53.0 Å². The minimum absolute atomic E-state index is 0.328. The Morgan fingerprint density at radius 3 is 2.90 bits per heavy atom. The molecule has 0 spiro atoms. The maximum Gasteiger partial charge on any atom is 0.340 e. The number of carbonyl (C=O) groups excluding carboxylic acids is 2. The second-order valence-corrected chi connectivity index (χ2v) is 5.56. The zero-order valence-corrected chi connectivity index (χ0v) is 12.2. The second kappa shape index (κ2) is 5.54. The Balaban J connectivity index is 2.24. The Morgan fingerprint density at radius 2 is 2.19 bits per heavy atom. The van der Waals surface area contributed by atoms with Gasteiger partial charge in [0.25, 0.3) is 0 Å². The lowest BCUT2D eigenvalue weighted by Crippen LogP contribution is -2.05. The minimum atomic E-state index is -0.350. The van der Waals surface area contributed by atoms with E-state index >= 15 is 0 Å². The van der Waals surface area contributed by atoms with Gasteiger partial charge < -0.3 is 9.14 Å². The summed E-state index contributed by atoms with van der Waals surface area (Å²) in [6.07, 6.45) is 2.71. The summed E-state index contributed by atoms with van der Waals surface area (Å²) >= 11 is 1.36. The highest BCUT2D eigenvalue weighted by molar-refractivity contribution is 7.17. The third-order valence-electron chi connectivity index (χ3n) is 3.15. The highest BCUT2D eigenvalue weighted by Gasteiger charge is 2.20. The van der Waals surface area contributed by atoms with Gasteiger partial charge in [-0.15, -0.1) is 11.3 Å². The van der Waals surface area contributed by atoms with Gasteiger partial charge >= 0.3 is 5.97 Å². The molecule has 0 atom stereocenters. The standard InChI is InChI=1S/C16H13NO3S/c1-2-20-16(19)13-9-11-5-3-4-8-17(11)15(13)14-7-6-12(10-18)21-14/h3-10H,2H2,1H3. The number of fused-ring (bicyclic) bond motifs is 1. The normalized spacial score (nSPS) is 10.7. The van der Waals surface area contributed by atoms with Crippen LogP contribution in [0.3, 0.4) is 0 Å². The van der Waals surface area contributed by atoms with Crippen molar-refractivity contribution >= 4 is 29.1 Å². The summed E-state index contributed by atoms with van der Waals surface area (Å²) in [5, 5.41) is 0. The van der Waals surface area contributed by atoms with Crippen LogP contribution in [0.4, 0.5) is 0 Å². The number of pyridine rings is 1. The summed E-state index contributed by atoms with van der Waals surface area (Å²) in [6.45, 7) is 2.11. The van der Waals surface area contributed by atoms with E-state index in [9.17, 15) is 9.59 Å². The molecule has 0 saturated carbocycles. The zero-order valence-electron chi connectivity index (χ0n) is 11.4. The molecule has 3 heterocycles. The summed E-state index contributed by atoms with van der Waals surface area (Å²) in [4.78, 5) is 24.6. The van der Waals surface area contributed by atoms with E-state index in [0.717, 1.165) is 22.4 Å². The third kappa shape index (κ3) is 2.36. The zero-order chi connectivity index (χ0) is 14.8. The molecule has 0 radical (unpaired) electrons. The number of aromatic nitrogens is 1. The lowest BCUT2D eigenvalue weighted by Gasteiger charge is -2.04. The first kappa shape index (κ1) is 13.6. The first-order valence-electron chi connectivity index (χ1n) is 6.57. The van der Waals surface area contributed by atoms with Crippen molar-refractivity contribution in [3.63, 3.8) is 0 Å². The first-order chi connectivity index (χ1) is 10.2. The van der Waals surface area contributed by atoms with E-state index in [1.165, 1.54) is 11.3 Å². The van der Waals surface area contributed by atoms with Crippen LogP contribution in [0.5, 0.6) is 0 Å². The molecule has 0 saturated heterocycles. The van der Waals surface area contributed by atoms with Gasteiger partial charge in [-0.1, -0.05) is 6.07 Å². The first-order valence-corrected chi connectivity index (χ1v) is 7.39. The molecule has 0 aliphatic carbocycles. The molecule has 0 aliphatic heterocycles. The van der Waals surface area contributed by atoms with Crippen LogP contribution < -0.4 is 0 Å². The van der Waals surface area contributed by atoms with Crippen molar-refractivity contribution in [2.45, 2.75) is 6.92 Å². The SMILES string of the molecule is CCOC(=O)c1cc2ccccn2c1-c1ccc(C=O)s1. The Hall–Kier alpha value is -2.40. The number of hydrogen-bond acceptors (Lipinski definition) is 4. The Kier molecular flexibility index (Phi) is 3.58. The predicted octanol–water partition coefficient (Wildman–Crippen LogP) is 3.66. The summed E-state index contributed by atoms with van der Waals surface area (Å²) < 4.78 is 7.07. The number of aldehydes is 1. The number of rotatable bonds is 4. The third-order valence-corrected chi connectivity index (χ3v) is 4.17. The summed E-state index contributed by atoms with van der Waals surface area (Å²) in [5.41, 5.74) is 2.20. The van der Waals surface area contributed by atoms with Crippen LogP contribution in [0, 0.1) is 0 Å². The van der Waals surface area contributed by atoms with Gasteiger partial charge in [0.15, 0.2) is 6.29 Å². The van der Waals surface area contributed by atoms with Crippen molar-refractivity contribution in [1.82, 2.24) is 4.40 Å². The number of nitrogens with zero attached hydrogens (tertiary/aromatic N) is 1. The molecule has 3 aromatic heterocycles. The monoisotopic (exact) mass is 299 g/mol. The maximum atomic E-state index is 12.2. The van der Waals surface area contributed by atoms with Gasteiger partial charge in [0, 0.05) is 11.7 Å². The molecule has 3 rings (SSSR count). The van der Waals surface area contributed by atoms with E-state index in [1.807, 2.05) is 40.9 Å². The molecular formula is C16H13NO3S. The van der Waals surface area contributed by atoms with Gasteiger partial charge in [-0.05, 0) is 37.3 Å². The summed E-state index contributed by atoms with van der Waals surface area (Å²) in [7, 11) is 0. The summed E-state index contributed by atoms with van der Waals surface area (Å²) in [5.74, 6) is -0.350. The van der Waals surface area contributed by atoms with E-state index in [1.54, 1.807) is 13.0 Å². The molecule has 0 fully saturated rings. The quantitative estimate of drug-likeness (QED) is 0.545. The molecule has 106 valence electrons. The van der Waals surface area contributed by atoms with Gasteiger partial charge in [-0.25, -0.2) is 4.79 Å². The van der Waals surface area contributed by atoms with E-state index in [0.29, 0.717) is 17.0 Å². The van der Waals surface area contributed by atoms with Crippen LogP contribution in [0.1, 0.15) is 27.0 Å². The molecule has 0 N–H and O–H groups in total. The number of ether oxygens (including phenoxy) is 1. The maximum absolute atomic E-state index is 12.2. The van der Waals surface area contributed by atoms with Crippen LogP contribution in [0.25, 0.3) is 16.1 Å². The van der Waals surface area contributed by atoms with Gasteiger partial charge in [0.2, 0.25) is 0 Å². The fourth-order valence-corrected chi connectivity index (χ4v) is 3.16. The average Bonchev–Trinajstić information content (AvgIpc) is 3.11. The highest BCUT2D eigenvalue weighted by atomic mass is 32.1. The van der Waals surface area contributed by atoms with Gasteiger partial charge in [-0.3, -0.25) is 4.79 Å².